The second kappa shape index (κ2) is 9.43. The van der Waals surface area contributed by atoms with Crippen LogP contribution in [0.25, 0.3) is 0 Å². The molecule has 3 atom stereocenters. The van der Waals surface area contributed by atoms with Crippen LogP contribution in [0.1, 0.15) is 40.5 Å². The summed E-state index contributed by atoms with van der Waals surface area (Å²) in [5.41, 5.74) is 11.1. The maximum atomic E-state index is 12.0. The second-order valence-electron chi connectivity index (χ2n) is 6.30. The number of carbonyl (C=O) groups excluding carboxylic acids is 3. The van der Waals surface area contributed by atoms with Crippen molar-refractivity contribution in [2.24, 2.45) is 17.4 Å². The van der Waals surface area contributed by atoms with Gasteiger partial charge in [-0.1, -0.05) is 13.8 Å². The summed E-state index contributed by atoms with van der Waals surface area (Å²) in [4.78, 5) is 34.0. The maximum absolute atomic E-state index is 12.0. The van der Waals surface area contributed by atoms with E-state index in [1.165, 1.54) is 0 Å². The van der Waals surface area contributed by atoms with Crippen molar-refractivity contribution in [3.05, 3.63) is 0 Å². The molecular weight excluding hydrogens is 302 g/mol. The zero-order chi connectivity index (χ0) is 18.2. The van der Waals surface area contributed by atoms with Crippen molar-refractivity contribution in [1.82, 2.24) is 16.0 Å². The molecule has 23 heavy (non-hydrogen) atoms. The summed E-state index contributed by atoms with van der Waals surface area (Å²) in [6.45, 7) is 7.32. The molecule has 1 unspecified atom stereocenters. The summed E-state index contributed by atoms with van der Waals surface area (Å²) in [5, 5.41) is 17.7. The fraction of sp³-hybridized carbons (Fsp3) is 0.786. The number of primary amides is 1. The minimum Gasteiger partial charge on any atom is -0.387 e. The van der Waals surface area contributed by atoms with Crippen molar-refractivity contribution in [3.63, 3.8) is 0 Å². The number of nitrogens with one attached hydrogen (secondary N) is 3. The lowest BCUT2D eigenvalue weighted by molar-refractivity contribution is -0.130. The van der Waals surface area contributed by atoms with Crippen LogP contribution < -0.4 is 27.4 Å². The zero-order valence-electron chi connectivity index (χ0n) is 14.1. The van der Waals surface area contributed by atoms with Gasteiger partial charge in [0, 0.05) is 6.04 Å². The Balaban J connectivity index is 4.83. The Morgan fingerprint density at radius 2 is 1.83 bits per heavy atom. The minimum atomic E-state index is -1.66. The van der Waals surface area contributed by atoms with Gasteiger partial charge in [0.25, 0.3) is 0 Å². The van der Waals surface area contributed by atoms with Crippen LogP contribution in [0.3, 0.4) is 0 Å². The van der Waals surface area contributed by atoms with Crippen molar-refractivity contribution in [1.29, 1.82) is 0 Å². The molecule has 8 N–H and O–H groups in total. The van der Waals surface area contributed by atoms with Gasteiger partial charge in [-0.2, -0.15) is 0 Å². The van der Waals surface area contributed by atoms with Gasteiger partial charge in [-0.15, -0.1) is 0 Å². The summed E-state index contributed by atoms with van der Waals surface area (Å²) < 4.78 is 0. The lowest BCUT2D eigenvalue weighted by Crippen LogP contribution is -2.72. The van der Waals surface area contributed by atoms with Gasteiger partial charge in [-0.05, 0) is 26.2 Å². The van der Waals surface area contributed by atoms with Crippen LogP contribution in [0.15, 0.2) is 0 Å². The van der Waals surface area contributed by atoms with Crippen LogP contribution in [0.4, 0.5) is 0 Å². The van der Waals surface area contributed by atoms with Crippen molar-refractivity contribution >= 4 is 18.2 Å². The Morgan fingerprint density at radius 1 is 1.26 bits per heavy atom. The van der Waals surface area contributed by atoms with E-state index in [1.54, 1.807) is 13.8 Å². The average Bonchev–Trinajstić information content (AvgIpc) is 2.36. The third kappa shape index (κ3) is 7.91. The summed E-state index contributed by atoms with van der Waals surface area (Å²) in [5.74, 6) is -2.74. The number of carbonyl (C=O) groups is 3. The molecule has 0 spiro atoms. The Kier molecular flexibility index (Phi) is 8.73. The van der Waals surface area contributed by atoms with Crippen molar-refractivity contribution in [3.8, 4) is 0 Å². The summed E-state index contributed by atoms with van der Waals surface area (Å²) >= 11 is 0. The first-order valence-corrected chi connectivity index (χ1v) is 7.56. The molecule has 0 radical (unpaired) electrons. The number of aliphatic hydroxyl groups is 1. The van der Waals surface area contributed by atoms with Crippen molar-refractivity contribution in [2.75, 3.05) is 0 Å². The van der Waals surface area contributed by atoms with Crippen LogP contribution in [-0.2, 0) is 14.4 Å². The molecule has 0 bridgehead atoms. The summed E-state index contributed by atoms with van der Waals surface area (Å²) in [7, 11) is 0. The van der Waals surface area contributed by atoms with Crippen LogP contribution >= 0.6 is 0 Å². The van der Waals surface area contributed by atoms with Crippen LogP contribution in [-0.4, -0.2) is 47.3 Å². The van der Waals surface area contributed by atoms with Gasteiger partial charge in [0.2, 0.25) is 18.2 Å². The first-order valence-electron chi connectivity index (χ1n) is 7.56. The van der Waals surface area contributed by atoms with Gasteiger partial charge in [0.15, 0.2) is 5.79 Å². The standard InChI is InChI=1S/C14H29N5O4/c1-8(2)5-10(13(15)23)18-12(22)6-11(21)14(16,17-7-20)19-9(3)4/h7-11,19,21H,5-6,16H2,1-4H3,(H2,15,23)(H,17,20)(H,18,22)/t10-,11?,14+/m0/s1. The third-order valence-corrected chi connectivity index (χ3v) is 3.12. The van der Waals surface area contributed by atoms with Crippen LogP contribution in [0.2, 0.25) is 0 Å². The van der Waals surface area contributed by atoms with E-state index < -0.39 is 36.2 Å². The maximum Gasteiger partial charge on any atom is 0.240 e. The van der Waals surface area contributed by atoms with E-state index >= 15 is 0 Å². The van der Waals surface area contributed by atoms with Gasteiger partial charge in [-0.3, -0.25) is 25.4 Å². The van der Waals surface area contributed by atoms with Crippen molar-refractivity contribution in [2.45, 2.75) is 64.5 Å². The number of amides is 3. The minimum absolute atomic E-state index is 0.149. The molecular formula is C14H29N5O4. The molecule has 9 nitrogen and oxygen atoms in total. The molecule has 0 aliphatic rings. The Labute approximate surface area is 136 Å². The summed E-state index contributed by atoms with van der Waals surface area (Å²) in [6, 6.07) is -0.969. The molecule has 0 aliphatic heterocycles. The number of nitrogens with two attached hydrogens (primary N) is 2. The molecule has 0 fully saturated rings. The van der Waals surface area contributed by atoms with Gasteiger partial charge in [0.1, 0.15) is 12.1 Å². The predicted molar refractivity (Wildman–Crippen MR) is 85.6 cm³/mol. The number of rotatable bonds is 11. The van der Waals surface area contributed by atoms with Gasteiger partial charge < -0.3 is 21.5 Å². The molecule has 134 valence electrons. The lowest BCUT2D eigenvalue weighted by atomic mass is 10.0. The smallest absolute Gasteiger partial charge is 0.240 e. The molecule has 3 amide bonds. The van der Waals surface area contributed by atoms with E-state index in [-0.39, 0.29) is 12.0 Å². The van der Waals surface area contributed by atoms with Gasteiger partial charge in [-0.25, -0.2) is 0 Å². The van der Waals surface area contributed by atoms with Crippen molar-refractivity contribution < 1.29 is 19.5 Å². The number of hydrogen-bond acceptors (Lipinski definition) is 6. The Hall–Kier alpha value is -1.71. The average molecular weight is 331 g/mol. The fourth-order valence-corrected chi connectivity index (χ4v) is 2.12. The highest BCUT2D eigenvalue weighted by atomic mass is 16.3. The quantitative estimate of drug-likeness (QED) is 0.192. The molecule has 0 heterocycles. The zero-order valence-corrected chi connectivity index (χ0v) is 14.1. The number of hydrogen-bond donors (Lipinski definition) is 6. The molecule has 0 aromatic heterocycles. The molecule has 0 rings (SSSR count). The predicted octanol–water partition coefficient (Wildman–Crippen LogP) is -1.89. The molecule has 0 aliphatic carbocycles. The Bertz CT molecular complexity index is 416. The molecule has 0 saturated heterocycles. The second-order valence-corrected chi connectivity index (χ2v) is 6.30. The Morgan fingerprint density at radius 3 is 2.22 bits per heavy atom. The molecule has 0 saturated carbocycles. The SMILES string of the molecule is CC(C)C[C@H](NC(=O)CC(O)[C@@](N)(NC=O)NC(C)C)C(N)=O. The highest BCUT2D eigenvalue weighted by molar-refractivity contribution is 5.86. The number of aliphatic hydroxyl groups excluding tert-OH is 1. The van der Waals surface area contributed by atoms with Gasteiger partial charge >= 0.3 is 0 Å². The van der Waals surface area contributed by atoms with Crippen LogP contribution in [0, 0.1) is 5.92 Å². The fourth-order valence-electron chi connectivity index (χ4n) is 2.12. The molecule has 0 aromatic rings. The summed E-state index contributed by atoms with van der Waals surface area (Å²) in [6.07, 6.45) is -1.08. The van der Waals surface area contributed by atoms with Gasteiger partial charge in [0.05, 0.1) is 6.42 Å². The highest BCUT2D eigenvalue weighted by Crippen LogP contribution is 2.08. The monoisotopic (exact) mass is 331 g/mol. The third-order valence-electron chi connectivity index (χ3n) is 3.12. The topological polar surface area (TPSA) is 160 Å². The lowest BCUT2D eigenvalue weighted by Gasteiger charge is -2.36. The molecule has 0 aromatic carbocycles. The van der Waals surface area contributed by atoms with E-state index in [0.717, 1.165) is 0 Å². The van der Waals surface area contributed by atoms with E-state index in [2.05, 4.69) is 16.0 Å². The molecule has 9 heteroatoms. The van der Waals surface area contributed by atoms with Crippen LogP contribution in [0.5, 0.6) is 0 Å². The van der Waals surface area contributed by atoms with E-state index in [9.17, 15) is 19.5 Å². The van der Waals surface area contributed by atoms with E-state index in [0.29, 0.717) is 12.8 Å². The normalized spacial score (nSPS) is 16.5. The highest BCUT2D eigenvalue weighted by Gasteiger charge is 2.35. The first kappa shape index (κ1) is 21.3. The largest absolute Gasteiger partial charge is 0.387 e. The van der Waals surface area contributed by atoms with E-state index in [1.807, 2.05) is 13.8 Å². The van der Waals surface area contributed by atoms with E-state index in [4.69, 9.17) is 11.5 Å². The first-order chi connectivity index (χ1) is 10.5.